The minimum atomic E-state index is -0.773. The monoisotopic (exact) mass is 198 g/mol. The van der Waals surface area contributed by atoms with Gasteiger partial charge in [0.1, 0.15) is 5.76 Å². The molecule has 0 saturated carbocycles. The summed E-state index contributed by atoms with van der Waals surface area (Å²) in [6, 6.07) is 1.85. The Kier molecular flexibility index (Phi) is 4.19. The standard InChI is InChI=1S/C10H14O4/c1-13-7-8-5-6-14-9(8)3-2-4-10(11)12/h5-6H,2-4,7H2,1H3,(H,11,12). The number of aliphatic carboxylic acids is 1. The van der Waals surface area contributed by atoms with Crippen LogP contribution in [0.2, 0.25) is 0 Å². The Morgan fingerprint density at radius 1 is 1.64 bits per heavy atom. The maximum Gasteiger partial charge on any atom is 0.303 e. The summed E-state index contributed by atoms with van der Waals surface area (Å²) in [4.78, 5) is 10.3. The fourth-order valence-corrected chi connectivity index (χ4v) is 1.27. The van der Waals surface area contributed by atoms with Gasteiger partial charge in [0.2, 0.25) is 0 Å². The average Bonchev–Trinajstić information content (AvgIpc) is 2.53. The zero-order valence-corrected chi connectivity index (χ0v) is 8.16. The smallest absolute Gasteiger partial charge is 0.303 e. The van der Waals surface area contributed by atoms with Crippen LogP contribution in [0.15, 0.2) is 16.7 Å². The predicted molar refractivity (Wildman–Crippen MR) is 50.0 cm³/mol. The van der Waals surface area contributed by atoms with E-state index >= 15 is 0 Å². The molecule has 0 amide bonds. The van der Waals surface area contributed by atoms with Gasteiger partial charge in [-0.3, -0.25) is 4.79 Å². The van der Waals surface area contributed by atoms with Gasteiger partial charge in [-0.2, -0.15) is 0 Å². The van der Waals surface area contributed by atoms with Crippen molar-refractivity contribution in [2.75, 3.05) is 7.11 Å². The summed E-state index contributed by atoms with van der Waals surface area (Å²) < 4.78 is 10.2. The van der Waals surface area contributed by atoms with Crippen LogP contribution in [0.25, 0.3) is 0 Å². The Labute approximate surface area is 82.5 Å². The normalized spacial score (nSPS) is 10.4. The number of carboxylic acids is 1. The number of aryl methyl sites for hydroxylation is 1. The second-order valence-electron chi connectivity index (χ2n) is 3.05. The van der Waals surface area contributed by atoms with Crippen molar-refractivity contribution in [2.24, 2.45) is 0 Å². The first kappa shape index (κ1) is 10.8. The van der Waals surface area contributed by atoms with Gasteiger partial charge in [0.15, 0.2) is 0 Å². The van der Waals surface area contributed by atoms with Gasteiger partial charge in [0.05, 0.1) is 12.9 Å². The number of ether oxygens (including phenoxy) is 1. The van der Waals surface area contributed by atoms with Gasteiger partial charge in [0, 0.05) is 25.5 Å². The third-order valence-electron chi connectivity index (χ3n) is 1.93. The molecule has 0 aliphatic rings. The molecule has 0 aliphatic carbocycles. The number of hydrogen-bond donors (Lipinski definition) is 1. The van der Waals surface area contributed by atoms with Crippen molar-refractivity contribution in [3.05, 3.63) is 23.7 Å². The molecule has 0 spiro atoms. The second-order valence-corrected chi connectivity index (χ2v) is 3.05. The molecule has 0 bridgehead atoms. The summed E-state index contributed by atoms with van der Waals surface area (Å²) in [5.41, 5.74) is 0.998. The Hall–Kier alpha value is -1.29. The van der Waals surface area contributed by atoms with Gasteiger partial charge in [-0.05, 0) is 12.5 Å². The molecule has 1 aromatic rings. The van der Waals surface area contributed by atoms with Crippen LogP contribution in [0.5, 0.6) is 0 Å². The quantitative estimate of drug-likeness (QED) is 0.757. The van der Waals surface area contributed by atoms with Gasteiger partial charge in [-0.15, -0.1) is 0 Å². The molecule has 1 heterocycles. The van der Waals surface area contributed by atoms with Crippen molar-refractivity contribution < 1.29 is 19.1 Å². The molecular weight excluding hydrogens is 184 g/mol. The first-order valence-corrected chi connectivity index (χ1v) is 4.50. The zero-order valence-electron chi connectivity index (χ0n) is 8.16. The number of rotatable bonds is 6. The van der Waals surface area contributed by atoms with E-state index in [-0.39, 0.29) is 6.42 Å². The maximum atomic E-state index is 10.3. The van der Waals surface area contributed by atoms with Gasteiger partial charge in [-0.1, -0.05) is 0 Å². The van der Waals surface area contributed by atoms with Crippen molar-refractivity contribution in [1.82, 2.24) is 0 Å². The van der Waals surface area contributed by atoms with Crippen LogP contribution in [0.1, 0.15) is 24.2 Å². The van der Waals surface area contributed by atoms with Gasteiger partial charge in [0.25, 0.3) is 0 Å². The molecule has 0 unspecified atom stereocenters. The highest BCUT2D eigenvalue weighted by Gasteiger charge is 2.06. The Morgan fingerprint density at radius 2 is 2.43 bits per heavy atom. The molecule has 0 aromatic carbocycles. The van der Waals surface area contributed by atoms with Gasteiger partial charge >= 0.3 is 5.97 Å². The molecule has 4 nitrogen and oxygen atoms in total. The third-order valence-corrected chi connectivity index (χ3v) is 1.93. The van der Waals surface area contributed by atoms with Crippen molar-refractivity contribution in [3.8, 4) is 0 Å². The zero-order chi connectivity index (χ0) is 10.4. The molecule has 1 rings (SSSR count). The van der Waals surface area contributed by atoms with Crippen molar-refractivity contribution in [3.63, 3.8) is 0 Å². The third kappa shape index (κ3) is 3.22. The van der Waals surface area contributed by atoms with Gasteiger partial charge < -0.3 is 14.3 Å². The molecule has 4 heteroatoms. The van der Waals surface area contributed by atoms with E-state index in [1.54, 1.807) is 13.4 Å². The largest absolute Gasteiger partial charge is 0.481 e. The Bertz CT molecular complexity index is 290. The first-order chi connectivity index (χ1) is 6.74. The number of furan rings is 1. The molecule has 0 saturated heterocycles. The second kappa shape index (κ2) is 5.44. The highest BCUT2D eigenvalue weighted by molar-refractivity contribution is 5.66. The SMILES string of the molecule is COCc1ccoc1CCCC(=O)O. The lowest BCUT2D eigenvalue weighted by molar-refractivity contribution is -0.137. The summed E-state index contributed by atoms with van der Waals surface area (Å²) in [6.07, 6.45) is 3.02. The fourth-order valence-electron chi connectivity index (χ4n) is 1.27. The maximum absolute atomic E-state index is 10.3. The molecular formula is C10H14O4. The van der Waals surface area contributed by atoms with Crippen molar-refractivity contribution >= 4 is 5.97 Å². The van der Waals surface area contributed by atoms with E-state index in [1.807, 2.05) is 6.07 Å². The lowest BCUT2D eigenvalue weighted by Gasteiger charge is -2.00. The Morgan fingerprint density at radius 3 is 3.07 bits per heavy atom. The molecule has 0 aliphatic heterocycles. The number of carboxylic acid groups (broad SMARTS) is 1. The molecule has 0 radical (unpaired) electrons. The summed E-state index contributed by atoms with van der Waals surface area (Å²) >= 11 is 0. The van der Waals surface area contributed by atoms with Crippen LogP contribution in [-0.2, 0) is 22.6 Å². The van der Waals surface area contributed by atoms with E-state index in [9.17, 15) is 4.79 Å². The fraction of sp³-hybridized carbons (Fsp3) is 0.500. The van der Waals surface area contributed by atoms with Crippen LogP contribution in [0.3, 0.4) is 0 Å². The van der Waals surface area contributed by atoms with Crippen LogP contribution < -0.4 is 0 Å². The van der Waals surface area contributed by atoms with Crippen LogP contribution in [0.4, 0.5) is 0 Å². The highest BCUT2D eigenvalue weighted by atomic mass is 16.5. The Balaban J connectivity index is 2.41. The molecule has 78 valence electrons. The summed E-state index contributed by atoms with van der Waals surface area (Å²) in [6.45, 7) is 0.513. The van der Waals surface area contributed by atoms with E-state index in [1.165, 1.54) is 0 Å². The van der Waals surface area contributed by atoms with E-state index in [0.29, 0.717) is 19.4 Å². The molecule has 1 N–H and O–H groups in total. The van der Waals surface area contributed by atoms with Crippen LogP contribution in [-0.4, -0.2) is 18.2 Å². The van der Waals surface area contributed by atoms with Gasteiger partial charge in [-0.25, -0.2) is 0 Å². The molecule has 14 heavy (non-hydrogen) atoms. The van der Waals surface area contributed by atoms with E-state index in [2.05, 4.69) is 0 Å². The highest BCUT2D eigenvalue weighted by Crippen LogP contribution is 2.14. The summed E-state index contributed by atoms with van der Waals surface area (Å²) in [7, 11) is 1.62. The average molecular weight is 198 g/mol. The number of methoxy groups -OCH3 is 1. The number of carbonyl (C=O) groups is 1. The van der Waals surface area contributed by atoms with E-state index in [0.717, 1.165) is 11.3 Å². The van der Waals surface area contributed by atoms with Crippen LogP contribution in [0, 0.1) is 0 Å². The minimum absolute atomic E-state index is 0.174. The van der Waals surface area contributed by atoms with E-state index in [4.69, 9.17) is 14.3 Å². The lowest BCUT2D eigenvalue weighted by atomic mass is 10.1. The molecule has 0 atom stereocenters. The minimum Gasteiger partial charge on any atom is -0.481 e. The van der Waals surface area contributed by atoms with E-state index < -0.39 is 5.97 Å². The number of hydrogen-bond acceptors (Lipinski definition) is 3. The van der Waals surface area contributed by atoms with Crippen LogP contribution >= 0.6 is 0 Å². The molecule has 0 fully saturated rings. The molecule has 1 aromatic heterocycles. The predicted octanol–water partition coefficient (Wildman–Crippen LogP) is 1.83. The lowest BCUT2D eigenvalue weighted by Crippen LogP contribution is -1.97. The van der Waals surface area contributed by atoms with Crippen molar-refractivity contribution in [2.45, 2.75) is 25.9 Å². The first-order valence-electron chi connectivity index (χ1n) is 4.50. The topological polar surface area (TPSA) is 59.7 Å². The van der Waals surface area contributed by atoms with Crippen molar-refractivity contribution in [1.29, 1.82) is 0 Å². The summed E-state index contributed by atoms with van der Waals surface area (Å²) in [5, 5.41) is 8.46. The summed E-state index contributed by atoms with van der Waals surface area (Å²) in [5.74, 6) is 0.0537.